The lowest BCUT2D eigenvalue weighted by atomic mass is 9.72. The number of anilines is 1. The van der Waals surface area contributed by atoms with Gasteiger partial charge in [-0.15, -0.1) is 0 Å². The second-order valence-electron chi connectivity index (χ2n) is 9.59. The van der Waals surface area contributed by atoms with Crippen LogP contribution in [0.1, 0.15) is 46.5 Å². The highest BCUT2D eigenvalue weighted by Crippen LogP contribution is 2.38. The second kappa shape index (κ2) is 12.4. The lowest BCUT2D eigenvalue weighted by Crippen LogP contribution is -3.00. The summed E-state index contributed by atoms with van der Waals surface area (Å²) in [5.74, 6) is 0.590. The van der Waals surface area contributed by atoms with E-state index in [1.165, 1.54) is 25.0 Å². The first-order valence-electron chi connectivity index (χ1n) is 10.8. The third-order valence-corrected chi connectivity index (χ3v) is 6.46. The molecule has 3 rings (SSSR count). The number of benzene rings is 1. The monoisotopic (exact) mass is 462 g/mol. The Morgan fingerprint density at radius 1 is 1.00 bits per heavy atom. The van der Waals surface area contributed by atoms with Crippen molar-refractivity contribution in [3.05, 3.63) is 30.1 Å². The fourth-order valence-corrected chi connectivity index (χ4v) is 4.53. The molecule has 1 unspecified atom stereocenters. The summed E-state index contributed by atoms with van der Waals surface area (Å²) < 4.78 is 19.1. The SMILES string of the molecule is CC(C)(C)C1CCC(OCC(O)CN2CCN(c3ccc(F)cc3)CC2)CC1.[Cl-].[Cl-]. The Morgan fingerprint density at radius 3 is 2.10 bits per heavy atom. The van der Waals surface area contributed by atoms with E-state index < -0.39 is 6.10 Å². The molecule has 174 valence electrons. The fraction of sp³-hybridized carbons (Fsp3) is 0.739. The molecule has 7 heteroatoms. The Morgan fingerprint density at radius 2 is 1.57 bits per heavy atom. The van der Waals surface area contributed by atoms with Crippen LogP contribution in [0.2, 0.25) is 0 Å². The van der Waals surface area contributed by atoms with Crippen LogP contribution in [0.15, 0.2) is 24.3 Å². The van der Waals surface area contributed by atoms with Crippen molar-refractivity contribution in [1.29, 1.82) is 0 Å². The molecule has 1 saturated heterocycles. The molecule has 0 radical (unpaired) electrons. The predicted octanol–water partition coefficient (Wildman–Crippen LogP) is -2.06. The Bertz CT molecular complexity index is 596. The molecule has 1 aliphatic carbocycles. The first kappa shape index (κ1) is 27.4. The van der Waals surface area contributed by atoms with E-state index in [2.05, 4.69) is 30.6 Å². The number of ether oxygens (including phenoxy) is 1. The van der Waals surface area contributed by atoms with Gasteiger partial charge in [0.15, 0.2) is 0 Å². The van der Waals surface area contributed by atoms with Crippen molar-refractivity contribution in [3.8, 4) is 0 Å². The highest BCUT2D eigenvalue weighted by atomic mass is 35.5. The summed E-state index contributed by atoms with van der Waals surface area (Å²) in [5, 5.41) is 10.4. The van der Waals surface area contributed by atoms with E-state index in [9.17, 15) is 9.50 Å². The average molecular weight is 463 g/mol. The van der Waals surface area contributed by atoms with Gasteiger partial charge in [0, 0.05) is 38.4 Å². The summed E-state index contributed by atoms with van der Waals surface area (Å²) in [6, 6.07) is 6.69. The van der Waals surface area contributed by atoms with Crippen molar-refractivity contribution < 1.29 is 39.0 Å². The van der Waals surface area contributed by atoms with E-state index in [0.717, 1.165) is 50.6 Å². The second-order valence-corrected chi connectivity index (χ2v) is 9.59. The average Bonchev–Trinajstić information content (AvgIpc) is 2.67. The zero-order chi connectivity index (χ0) is 20.1. The Labute approximate surface area is 194 Å². The molecule has 2 aliphatic rings. The molecule has 0 bridgehead atoms. The van der Waals surface area contributed by atoms with Gasteiger partial charge in [0.1, 0.15) is 5.82 Å². The Balaban J connectivity index is 0.00000225. The largest absolute Gasteiger partial charge is 1.00 e. The van der Waals surface area contributed by atoms with Crippen LogP contribution in [0, 0.1) is 17.2 Å². The lowest BCUT2D eigenvalue weighted by molar-refractivity contribution is -0.0446. The van der Waals surface area contributed by atoms with E-state index >= 15 is 0 Å². The van der Waals surface area contributed by atoms with E-state index in [1.807, 2.05) is 12.1 Å². The normalized spacial score (nSPS) is 24.0. The van der Waals surface area contributed by atoms with Gasteiger partial charge >= 0.3 is 0 Å². The van der Waals surface area contributed by atoms with Crippen molar-refractivity contribution in [1.82, 2.24) is 4.90 Å². The Hall–Kier alpha value is -0.590. The molecule has 2 fully saturated rings. The molecule has 1 N–H and O–H groups in total. The van der Waals surface area contributed by atoms with Gasteiger partial charge in [-0.3, -0.25) is 4.90 Å². The summed E-state index contributed by atoms with van der Waals surface area (Å²) in [5.41, 5.74) is 1.45. The van der Waals surface area contributed by atoms with Gasteiger partial charge < -0.3 is 39.6 Å². The molecule has 0 aromatic heterocycles. The van der Waals surface area contributed by atoms with Gasteiger partial charge in [-0.2, -0.15) is 0 Å². The topological polar surface area (TPSA) is 35.9 Å². The minimum absolute atomic E-state index is 0. The van der Waals surface area contributed by atoms with Crippen LogP contribution >= 0.6 is 0 Å². The Kier molecular flexibility index (Phi) is 11.4. The van der Waals surface area contributed by atoms with Crippen molar-refractivity contribution in [2.45, 2.75) is 58.7 Å². The molecule has 1 saturated carbocycles. The number of halogens is 3. The van der Waals surface area contributed by atoms with Crippen LogP contribution in [0.3, 0.4) is 0 Å². The number of β-amino-alcohol motifs (C(OH)–C–C–N with tert-alkyl or cyclic N) is 1. The number of aliphatic hydroxyl groups is 1. The van der Waals surface area contributed by atoms with E-state index in [4.69, 9.17) is 4.74 Å². The van der Waals surface area contributed by atoms with Crippen molar-refractivity contribution in [2.24, 2.45) is 11.3 Å². The van der Waals surface area contributed by atoms with Crippen molar-refractivity contribution >= 4 is 5.69 Å². The van der Waals surface area contributed by atoms with Crippen molar-refractivity contribution in [3.63, 3.8) is 0 Å². The minimum Gasteiger partial charge on any atom is -1.00 e. The molecule has 30 heavy (non-hydrogen) atoms. The summed E-state index contributed by atoms with van der Waals surface area (Å²) in [6.45, 7) is 11.7. The molecule has 0 amide bonds. The molecule has 1 aromatic rings. The molecule has 0 spiro atoms. The highest BCUT2D eigenvalue weighted by Gasteiger charge is 2.30. The zero-order valence-electron chi connectivity index (χ0n) is 18.5. The first-order valence-corrected chi connectivity index (χ1v) is 10.8. The number of piperazine rings is 1. The van der Waals surface area contributed by atoms with Gasteiger partial charge in [-0.05, 0) is 61.3 Å². The zero-order valence-corrected chi connectivity index (χ0v) is 20.0. The standard InChI is InChI=1S/C23H37FN2O2.2ClH/c1-23(2,3)18-4-10-22(11-5-18)28-17-21(27)16-25-12-14-26(15-13-25)20-8-6-19(24)7-9-20;;/h6-9,18,21-22,27H,4-5,10-17H2,1-3H3;2*1H/p-2. The maximum absolute atomic E-state index is 13.1. The van der Waals surface area contributed by atoms with Gasteiger partial charge in [-0.25, -0.2) is 4.39 Å². The van der Waals surface area contributed by atoms with E-state index in [-0.39, 0.29) is 30.6 Å². The summed E-state index contributed by atoms with van der Waals surface area (Å²) in [7, 11) is 0. The van der Waals surface area contributed by atoms with Crippen molar-refractivity contribution in [2.75, 3.05) is 44.2 Å². The molecule has 1 atom stereocenters. The van der Waals surface area contributed by atoms with Crippen LogP contribution in [0.25, 0.3) is 0 Å². The molecule has 1 heterocycles. The first-order chi connectivity index (χ1) is 13.3. The minimum atomic E-state index is -0.433. The molecule has 1 aliphatic heterocycles. The van der Waals surface area contributed by atoms with Gasteiger partial charge in [-0.1, -0.05) is 20.8 Å². The molecule has 4 nitrogen and oxygen atoms in total. The molecular weight excluding hydrogens is 426 g/mol. The summed E-state index contributed by atoms with van der Waals surface area (Å²) in [6.07, 6.45) is 4.57. The van der Waals surface area contributed by atoms with Gasteiger partial charge in [0.25, 0.3) is 0 Å². The van der Waals surface area contributed by atoms with E-state index in [1.54, 1.807) is 0 Å². The van der Waals surface area contributed by atoms with E-state index in [0.29, 0.717) is 24.7 Å². The van der Waals surface area contributed by atoms with Crippen LogP contribution < -0.4 is 29.7 Å². The van der Waals surface area contributed by atoms with Crippen LogP contribution in [-0.4, -0.2) is 61.5 Å². The number of hydrogen-bond acceptors (Lipinski definition) is 4. The maximum atomic E-state index is 13.1. The quantitative estimate of drug-likeness (QED) is 0.527. The maximum Gasteiger partial charge on any atom is 0.123 e. The number of nitrogens with zero attached hydrogens (tertiary/aromatic N) is 2. The van der Waals surface area contributed by atoms with Gasteiger partial charge in [0.2, 0.25) is 0 Å². The fourth-order valence-electron chi connectivity index (χ4n) is 4.53. The molecular formula is C23H37Cl2FN2O2-2. The number of aliphatic hydroxyl groups excluding tert-OH is 1. The third-order valence-electron chi connectivity index (χ3n) is 6.46. The lowest BCUT2D eigenvalue weighted by Gasteiger charge is -2.38. The predicted molar refractivity (Wildman–Crippen MR) is 112 cm³/mol. The molecule has 1 aromatic carbocycles. The number of hydrogen-bond donors (Lipinski definition) is 1. The number of rotatable bonds is 6. The van der Waals surface area contributed by atoms with Crippen LogP contribution in [0.4, 0.5) is 10.1 Å². The summed E-state index contributed by atoms with van der Waals surface area (Å²) in [4.78, 5) is 4.57. The summed E-state index contributed by atoms with van der Waals surface area (Å²) >= 11 is 0. The highest BCUT2D eigenvalue weighted by molar-refractivity contribution is 5.46. The van der Waals surface area contributed by atoms with Crippen LogP contribution in [0.5, 0.6) is 0 Å². The smallest absolute Gasteiger partial charge is 0.123 e. The van der Waals surface area contributed by atoms with Crippen LogP contribution in [-0.2, 0) is 4.74 Å². The third kappa shape index (κ3) is 8.16. The van der Waals surface area contributed by atoms with Gasteiger partial charge in [0.05, 0.1) is 18.8 Å².